The van der Waals surface area contributed by atoms with E-state index in [-0.39, 0.29) is 5.97 Å². The molecule has 0 amide bonds. The second-order valence-electron chi connectivity index (χ2n) is 4.81. The van der Waals surface area contributed by atoms with E-state index in [0.29, 0.717) is 11.5 Å². The number of carbonyl (C=O) groups excluding carboxylic acids is 1. The Morgan fingerprint density at radius 3 is 2.75 bits per heavy atom. The van der Waals surface area contributed by atoms with Crippen LogP contribution in [0.2, 0.25) is 0 Å². The summed E-state index contributed by atoms with van der Waals surface area (Å²) >= 11 is 6.65. The molecule has 0 fully saturated rings. The van der Waals surface area contributed by atoms with E-state index >= 15 is 0 Å². The summed E-state index contributed by atoms with van der Waals surface area (Å²) in [4.78, 5) is 12.6. The zero-order chi connectivity index (χ0) is 14.4. The number of fused-ring (bicyclic) bond motifs is 1. The minimum atomic E-state index is -0.184. The second kappa shape index (κ2) is 8.15. The Kier molecular flexibility index (Phi) is 6.52. The van der Waals surface area contributed by atoms with Gasteiger partial charge < -0.3 is 4.74 Å². The van der Waals surface area contributed by atoms with Gasteiger partial charge in [0.05, 0.1) is 15.1 Å². The van der Waals surface area contributed by atoms with E-state index in [4.69, 9.17) is 4.74 Å². The van der Waals surface area contributed by atoms with Gasteiger partial charge in [-0.25, -0.2) is 4.79 Å². The summed E-state index contributed by atoms with van der Waals surface area (Å²) in [6.45, 7) is 2.75. The van der Waals surface area contributed by atoms with Gasteiger partial charge in [-0.3, -0.25) is 0 Å². The van der Waals surface area contributed by atoms with E-state index in [2.05, 4.69) is 28.2 Å². The molecule has 0 aliphatic carbocycles. The number of halogens is 1. The molecule has 0 aromatic carbocycles. The maximum Gasteiger partial charge on any atom is 0.348 e. The SMILES string of the molecule is CCCCCCCCOC(=O)c1cc2csc(Br)c2s1. The molecule has 5 heteroatoms. The molecular formula is C15H19BrO2S2. The Morgan fingerprint density at radius 2 is 2.00 bits per heavy atom. The first-order valence-corrected chi connectivity index (χ1v) is 9.55. The largest absolute Gasteiger partial charge is 0.462 e. The highest BCUT2D eigenvalue weighted by atomic mass is 79.9. The van der Waals surface area contributed by atoms with E-state index in [1.807, 2.05) is 6.07 Å². The number of ether oxygens (including phenoxy) is 1. The fourth-order valence-corrected chi connectivity index (χ4v) is 4.64. The molecule has 0 aliphatic heterocycles. The highest BCUT2D eigenvalue weighted by Crippen LogP contribution is 2.37. The van der Waals surface area contributed by atoms with Crippen LogP contribution >= 0.6 is 38.6 Å². The van der Waals surface area contributed by atoms with Gasteiger partial charge in [0.2, 0.25) is 0 Å². The van der Waals surface area contributed by atoms with Crippen LogP contribution in [0.3, 0.4) is 0 Å². The van der Waals surface area contributed by atoms with Crippen molar-refractivity contribution in [3.63, 3.8) is 0 Å². The van der Waals surface area contributed by atoms with Crippen LogP contribution in [0.1, 0.15) is 55.1 Å². The number of unbranched alkanes of at least 4 members (excludes halogenated alkanes) is 5. The number of carbonyl (C=O) groups is 1. The molecule has 0 radical (unpaired) electrons. The fraction of sp³-hybridized carbons (Fsp3) is 0.533. The maximum absolute atomic E-state index is 11.9. The molecule has 110 valence electrons. The molecule has 0 bridgehead atoms. The average Bonchev–Trinajstić information content (AvgIpc) is 3.00. The lowest BCUT2D eigenvalue weighted by molar-refractivity contribution is 0.0503. The van der Waals surface area contributed by atoms with Crippen LogP contribution in [0.4, 0.5) is 0 Å². The van der Waals surface area contributed by atoms with Crippen molar-refractivity contribution in [2.75, 3.05) is 6.61 Å². The van der Waals surface area contributed by atoms with Crippen LogP contribution in [-0.4, -0.2) is 12.6 Å². The van der Waals surface area contributed by atoms with Crippen LogP contribution in [0, 0.1) is 0 Å². The molecule has 2 aromatic heterocycles. The highest BCUT2D eigenvalue weighted by Gasteiger charge is 2.14. The van der Waals surface area contributed by atoms with Crippen LogP contribution in [0.15, 0.2) is 15.2 Å². The minimum Gasteiger partial charge on any atom is -0.462 e. The van der Waals surface area contributed by atoms with Gasteiger partial charge in [0, 0.05) is 10.8 Å². The molecule has 2 aromatic rings. The molecule has 0 N–H and O–H groups in total. The smallest absolute Gasteiger partial charge is 0.348 e. The van der Waals surface area contributed by atoms with Crippen molar-refractivity contribution in [1.82, 2.24) is 0 Å². The Bertz CT molecular complexity index is 559. The van der Waals surface area contributed by atoms with Crippen molar-refractivity contribution in [2.24, 2.45) is 0 Å². The first-order valence-electron chi connectivity index (χ1n) is 7.06. The summed E-state index contributed by atoms with van der Waals surface area (Å²) in [6.07, 6.45) is 7.23. The van der Waals surface area contributed by atoms with Gasteiger partial charge in [0.1, 0.15) is 4.88 Å². The van der Waals surface area contributed by atoms with Gasteiger partial charge in [-0.2, -0.15) is 0 Å². The van der Waals surface area contributed by atoms with E-state index < -0.39 is 0 Å². The summed E-state index contributed by atoms with van der Waals surface area (Å²) in [7, 11) is 0. The van der Waals surface area contributed by atoms with Crippen LogP contribution < -0.4 is 0 Å². The number of esters is 1. The summed E-state index contributed by atoms with van der Waals surface area (Å²) in [5.41, 5.74) is 0. The quantitative estimate of drug-likeness (QED) is 0.403. The predicted molar refractivity (Wildman–Crippen MR) is 91.1 cm³/mol. The lowest BCUT2D eigenvalue weighted by atomic mass is 10.1. The molecule has 0 spiro atoms. The van der Waals surface area contributed by atoms with Crippen molar-refractivity contribution in [1.29, 1.82) is 0 Å². The van der Waals surface area contributed by atoms with Gasteiger partial charge in [-0.05, 0) is 28.4 Å². The van der Waals surface area contributed by atoms with Crippen molar-refractivity contribution in [3.05, 3.63) is 20.1 Å². The van der Waals surface area contributed by atoms with E-state index in [9.17, 15) is 4.79 Å². The van der Waals surface area contributed by atoms with Crippen LogP contribution in [0.5, 0.6) is 0 Å². The molecule has 20 heavy (non-hydrogen) atoms. The fourth-order valence-electron chi connectivity index (χ4n) is 2.03. The third-order valence-electron chi connectivity index (χ3n) is 3.16. The van der Waals surface area contributed by atoms with Gasteiger partial charge in [0.25, 0.3) is 0 Å². The first-order chi connectivity index (χ1) is 9.72. The average molecular weight is 375 g/mol. The van der Waals surface area contributed by atoms with Gasteiger partial charge in [-0.1, -0.05) is 39.0 Å². The van der Waals surface area contributed by atoms with Crippen molar-refractivity contribution < 1.29 is 9.53 Å². The molecule has 0 saturated carbocycles. The van der Waals surface area contributed by atoms with Gasteiger partial charge in [-0.15, -0.1) is 22.7 Å². The lowest BCUT2D eigenvalue weighted by Crippen LogP contribution is -2.04. The second-order valence-corrected chi connectivity index (χ2v) is 8.06. The van der Waals surface area contributed by atoms with Crippen molar-refractivity contribution in [2.45, 2.75) is 45.4 Å². The highest BCUT2D eigenvalue weighted by molar-refractivity contribution is 9.11. The molecule has 2 rings (SSSR count). The molecule has 0 unspecified atom stereocenters. The van der Waals surface area contributed by atoms with E-state index in [1.54, 1.807) is 11.3 Å². The summed E-state index contributed by atoms with van der Waals surface area (Å²) in [6, 6.07) is 1.92. The zero-order valence-corrected chi connectivity index (χ0v) is 14.8. The number of hydrogen-bond acceptors (Lipinski definition) is 4. The zero-order valence-electron chi connectivity index (χ0n) is 11.6. The summed E-state index contributed by atoms with van der Waals surface area (Å²) < 4.78 is 7.56. The standard InChI is InChI=1S/C15H19BrO2S2/c1-2-3-4-5-6-7-8-18-15(17)12-9-11-10-19-14(16)13(11)20-12/h9-10H,2-8H2,1H3. The summed E-state index contributed by atoms with van der Waals surface area (Å²) in [5.74, 6) is -0.184. The normalized spacial score (nSPS) is 11.1. The van der Waals surface area contributed by atoms with E-state index in [0.717, 1.165) is 26.7 Å². The van der Waals surface area contributed by atoms with E-state index in [1.165, 1.54) is 37.0 Å². The predicted octanol–water partition coefficient (Wildman–Crippen LogP) is 6.24. The Labute approximate surface area is 136 Å². The summed E-state index contributed by atoms with van der Waals surface area (Å²) in [5, 5.41) is 3.18. The number of thiophene rings is 2. The van der Waals surface area contributed by atoms with Gasteiger partial charge >= 0.3 is 5.97 Å². The van der Waals surface area contributed by atoms with Crippen LogP contribution in [-0.2, 0) is 4.74 Å². The maximum atomic E-state index is 11.9. The Hall–Kier alpha value is -0.390. The molecule has 0 saturated heterocycles. The Morgan fingerprint density at radius 1 is 1.25 bits per heavy atom. The number of rotatable bonds is 8. The van der Waals surface area contributed by atoms with Gasteiger partial charge in [0.15, 0.2) is 0 Å². The minimum absolute atomic E-state index is 0.184. The third-order valence-corrected chi connectivity index (χ3v) is 6.44. The molecular weight excluding hydrogens is 356 g/mol. The Balaban J connectivity index is 1.72. The number of hydrogen-bond donors (Lipinski definition) is 0. The first kappa shape index (κ1) is 16.0. The van der Waals surface area contributed by atoms with Crippen LogP contribution in [0.25, 0.3) is 10.1 Å². The lowest BCUT2D eigenvalue weighted by Gasteiger charge is -2.03. The third kappa shape index (κ3) is 4.30. The van der Waals surface area contributed by atoms with Crippen molar-refractivity contribution in [3.8, 4) is 0 Å². The molecule has 2 heterocycles. The monoisotopic (exact) mass is 374 g/mol. The molecule has 0 atom stereocenters. The molecule has 2 nitrogen and oxygen atoms in total. The molecule has 0 aliphatic rings. The topological polar surface area (TPSA) is 26.3 Å². The van der Waals surface area contributed by atoms with Crippen molar-refractivity contribution >= 4 is 54.7 Å².